The minimum absolute atomic E-state index is 0.0886. The van der Waals surface area contributed by atoms with Gasteiger partial charge in [-0.25, -0.2) is 0 Å². The second-order valence-corrected chi connectivity index (χ2v) is 6.15. The van der Waals surface area contributed by atoms with E-state index in [9.17, 15) is 14.9 Å². The van der Waals surface area contributed by atoms with E-state index in [1.807, 2.05) is 0 Å². The zero-order chi connectivity index (χ0) is 15.4. The summed E-state index contributed by atoms with van der Waals surface area (Å²) in [5, 5.41) is 15.0. The van der Waals surface area contributed by atoms with Crippen LogP contribution in [0.2, 0.25) is 0 Å². The zero-order valence-corrected chi connectivity index (χ0v) is 13.6. The van der Waals surface area contributed by atoms with Crippen LogP contribution in [0.25, 0.3) is 0 Å². The predicted octanol–water partition coefficient (Wildman–Crippen LogP) is 3.59. The van der Waals surface area contributed by atoms with Gasteiger partial charge in [-0.2, -0.15) is 0 Å². The van der Waals surface area contributed by atoms with Crippen LogP contribution in [0.4, 0.5) is 5.69 Å². The number of nitro benzene ring substituents is 1. The molecule has 2 atom stereocenters. The third-order valence-corrected chi connectivity index (χ3v) is 4.92. The zero-order valence-electron chi connectivity index (χ0n) is 12.0. The molecule has 0 bridgehead atoms. The van der Waals surface area contributed by atoms with Crippen molar-refractivity contribution in [1.82, 2.24) is 5.32 Å². The normalized spacial score (nSPS) is 21.8. The summed E-state index contributed by atoms with van der Waals surface area (Å²) >= 11 is 3.49. The van der Waals surface area contributed by atoms with Crippen LogP contribution in [0.1, 0.15) is 41.6 Å². The Morgan fingerprint density at radius 3 is 2.81 bits per heavy atom. The maximum Gasteiger partial charge on any atom is 0.285 e. The van der Waals surface area contributed by atoms with Gasteiger partial charge in [0, 0.05) is 16.9 Å². The predicted molar refractivity (Wildman–Crippen MR) is 84.8 cm³/mol. The molecule has 0 aliphatic heterocycles. The van der Waals surface area contributed by atoms with Crippen LogP contribution >= 0.6 is 15.9 Å². The fourth-order valence-corrected chi connectivity index (χ4v) is 3.69. The molecule has 21 heavy (non-hydrogen) atoms. The molecule has 1 fully saturated rings. The molecule has 5 nitrogen and oxygen atoms in total. The first-order valence-corrected chi connectivity index (χ1v) is 8.27. The molecule has 0 spiro atoms. The Morgan fingerprint density at radius 1 is 1.43 bits per heavy atom. The first kappa shape index (κ1) is 15.9. The molecular weight excluding hydrogens is 336 g/mol. The van der Waals surface area contributed by atoms with E-state index in [0.29, 0.717) is 11.5 Å². The van der Waals surface area contributed by atoms with Crippen molar-refractivity contribution in [3.8, 4) is 0 Å². The lowest BCUT2D eigenvalue weighted by Gasteiger charge is -2.30. The molecular formula is C15H19BrN2O3. The molecule has 0 heterocycles. The SMILES string of the molecule is Cc1cccc(C(=O)NC2CCCCC2CBr)c1[N+](=O)[O-]. The first-order valence-electron chi connectivity index (χ1n) is 7.15. The highest BCUT2D eigenvalue weighted by atomic mass is 79.9. The van der Waals surface area contributed by atoms with Crippen molar-refractivity contribution in [3.05, 3.63) is 39.4 Å². The highest BCUT2D eigenvalue weighted by Crippen LogP contribution is 2.28. The molecule has 0 aromatic heterocycles. The second kappa shape index (κ2) is 7.02. The highest BCUT2D eigenvalue weighted by molar-refractivity contribution is 9.09. The van der Waals surface area contributed by atoms with Crippen molar-refractivity contribution in [2.45, 2.75) is 38.6 Å². The number of nitrogens with zero attached hydrogens (tertiary/aromatic N) is 1. The fourth-order valence-electron chi connectivity index (χ4n) is 2.91. The van der Waals surface area contributed by atoms with E-state index >= 15 is 0 Å². The number of hydrogen-bond donors (Lipinski definition) is 1. The summed E-state index contributed by atoms with van der Waals surface area (Å²) in [6, 6.07) is 4.94. The number of para-hydroxylation sites is 1. The summed E-state index contributed by atoms with van der Waals surface area (Å²) in [4.78, 5) is 23.1. The lowest BCUT2D eigenvalue weighted by atomic mass is 9.85. The summed E-state index contributed by atoms with van der Waals surface area (Å²) in [5.41, 5.74) is 0.563. The van der Waals surface area contributed by atoms with Gasteiger partial charge in [0.1, 0.15) is 5.56 Å². The maximum atomic E-state index is 12.4. The van der Waals surface area contributed by atoms with Crippen LogP contribution in [0, 0.1) is 23.0 Å². The van der Waals surface area contributed by atoms with Crippen LogP contribution in [0.5, 0.6) is 0 Å². The topological polar surface area (TPSA) is 72.2 Å². The molecule has 0 radical (unpaired) electrons. The Kier molecular flexibility index (Phi) is 5.33. The van der Waals surface area contributed by atoms with Gasteiger partial charge >= 0.3 is 0 Å². The summed E-state index contributed by atoms with van der Waals surface area (Å²) in [7, 11) is 0. The average Bonchev–Trinajstić information content (AvgIpc) is 2.47. The smallest absolute Gasteiger partial charge is 0.285 e. The fraction of sp³-hybridized carbons (Fsp3) is 0.533. The molecule has 1 aromatic carbocycles. The van der Waals surface area contributed by atoms with E-state index in [4.69, 9.17) is 0 Å². The van der Waals surface area contributed by atoms with Gasteiger partial charge in [0.05, 0.1) is 4.92 Å². The van der Waals surface area contributed by atoms with Crippen LogP contribution in [-0.2, 0) is 0 Å². The number of rotatable bonds is 4. The average molecular weight is 355 g/mol. The monoisotopic (exact) mass is 354 g/mol. The number of benzene rings is 1. The van der Waals surface area contributed by atoms with E-state index < -0.39 is 4.92 Å². The maximum absolute atomic E-state index is 12.4. The van der Waals surface area contributed by atoms with Crippen LogP contribution in [0.3, 0.4) is 0 Å². The number of amides is 1. The van der Waals surface area contributed by atoms with Crippen LogP contribution in [-0.4, -0.2) is 22.2 Å². The Morgan fingerprint density at radius 2 is 2.14 bits per heavy atom. The van der Waals surface area contributed by atoms with E-state index in [2.05, 4.69) is 21.2 Å². The van der Waals surface area contributed by atoms with E-state index in [0.717, 1.165) is 24.6 Å². The molecule has 2 unspecified atom stereocenters. The quantitative estimate of drug-likeness (QED) is 0.510. The summed E-state index contributed by atoms with van der Waals surface area (Å²) in [6.45, 7) is 1.65. The summed E-state index contributed by atoms with van der Waals surface area (Å²) in [6.07, 6.45) is 4.27. The Balaban J connectivity index is 2.20. The molecule has 0 saturated heterocycles. The highest BCUT2D eigenvalue weighted by Gasteiger charge is 2.28. The molecule has 114 valence electrons. The minimum atomic E-state index is -0.479. The molecule has 1 aliphatic rings. The third-order valence-electron chi connectivity index (χ3n) is 4.09. The number of halogens is 1. The van der Waals surface area contributed by atoms with E-state index in [-0.39, 0.29) is 23.2 Å². The summed E-state index contributed by atoms with van der Waals surface area (Å²) < 4.78 is 0. The number of aryl methyl sites for hydroxylation is 1. The Labute approximate surface area is 132 Å². The standard InChI is InChI=1S/C15H19BrN2O3/c1-10-5-4-7-12(14(10)18(20)21)15(19)17-13-8-3-2-6-11(13)9-16/h4-5,7,11,13H,2-3,6,8-9H2,1H3,(H,17,19). The van der Waals surface area contributed by atoms with Gasteiger partial charge in [-0.1, -0.05) is 40.9 Å². The molecule has 6 heteroatoms. The molecule has 1 aromatic rings. The molecule has 1 aliphatic carbocycles. The lowest BCUT2D eigenvalue weighted by Crippen LogP contribution is -2.42. The van der Waals surface area contributed by atoms with Crippen molar-refractivity contribution in [3.63, 3.8) is 0 Å². The number of carbonyl (C=O) groups is 1. The third kappa shape index (κ3) is 3.61. The molecule has 2 rings (SSSR count). The number of nitrogens with one attached hydrogen (secondary N) is 1. The van der Waals surface area contributed by atoms with Gasteiger partial charge in [0.15, 0.2) is 0 Å². The van der Waals surface area contributed by atoms with Gasteiger partial charge in [0.2, 0.25) is 0 Å². The van der Waals surface area contributed by atoms with Gasteiger partial charge in [-0.05, 0) is 31.7 Å². The number of alkyl halides is 1. The molecule has 1 N–H and O–H groups in total. The number of nitro groups is 1. The number of hydrogen-bond acceptors (Lipinski definition) is 3. The molecule has 1 amide bonds. The first-order chi connectivity index (χ1) is 10.0. The van der Waals surface area contributed by atoms with Crippen LogP contribution in [0.15, 0.2) is 18.2 Å². The Hall–Kier alpha value is -1.43. The van der Waals surface area contributed by atoms with Gasteiger partial charge in [0.25, 0.3) is 11.6 Å². The largest absolute Gasteiger partial charge is 0.349 e. The van der Waals surface area contributed by atoms with Crippen molar-refractivity contribution in [2.75, 3.05) is 5.33 Å². The summed E-state index contributed by atoms with van der Waals surface area (Å²) in [5.74, 6) is 0.0508. The molecule has 1 saturated carbocycles. The van der Waals surface area contributed by atoms with Crippen molar-refractivity contribution >= 4 is 27.5 Å². The van der Waals surface area contributed by atoms with Crippen molar-refractivity contribution < 1.29 is 9.72 Å². The van der Waals surface area contributed by atoms with Gasteiger partial charge in [-0.15, -0.1) is 0 Å². The van der Waals surface area contributed by atoms with Crippen molar-refractivity contribution in [2.24, 2.45) is 5.92 Å². The second-order valence-electron chi connectivity index (χ2n) is 5.51. The Bertz CT molecular complexity index is 548. The van der Waals surface area contributed by atoms with Gasteiger partial charge in [-0.3, -0.25) is 14.9 Å². The van der Waals surface area contributed by atoms with Crippen LogP contribution < -0.4 is 5.32 Å². The van der Waals surface area contributed by atoms with E-state index in [1.54, 1.807) is 19.1 Å². The number of carbonyl (C=O) groups excluding carboxylic acids is 1. The lowest BCUT2D eigenvalue weighted by molar-refractivity contribution is -0.385. The van der Waals surface area contributed by atoms with Crippen molar-refractivity contribution in [1.29, 1.82) is 0 Å². The van der Waals surface area contributed by atoms with E-state index in [1.165, 1.54) is 12.5 Å². The van der Waals surface area contributed by atoms with Gasteiger partial charge < -0.3 is 5.32 Å². The minimum Gasteiger partial charge on any atom is -0.349 e.